The van der Waals surface area contributed by atoms with Crippen molar-refractivity contribution in [2.45, 2.75) is 20.8 Å². The van der Waals surface area contributed by atoms with Gasteiger partial charge in [-0.15, -0.1) is 0 Å². The number of hydrogen-bond acceptors (Lipinski definition) is 1. The van der Waals surface area contributed by atoms with Gasteiger partial charge < -0.3 is 5.32 Å². The van der Waals surface area contributed by atoms with Gasteiger partial charge in [0.05, 0.1) is 5.92 Å². The van der Waals surface area contributed by atoms with Gasteiger partial charge in [-0.3, -0.25) is 0 Å². The number of benzene rings is 2. The molecule has 159 valence electrons. The monoisotopic (exact) mass is 424 g/mol. The van der Waals surface area contributed by atoms with Gasteiger partial charge in [0.25, 0.3) is 0 Å². The van der Waals surface area contributed by atoms with Crippen LogP contribution in [0.5, 0.6) is 0 Å². The summed E-state index contributed by atoms with van der Waals surface area (Å²) >= 11 is 0. The summed E-state index contributed by atoms with van der Waals surface area (Å²) < 4.78 is 0. The summed E-state index contributed by atoms with van der Waals surface area (Å²) in [5.74, 6) is 1.37. The molecule has 0 fully saturated rings. The van der Waals surface area contributed by atoms with Gasteiger partial charge >= 0.3 is 0 Å². The number of hydrogen-bond donors (Lipinski definition) is 1. The molecule has 1 N–H and O–H groups in total. The summed E-state index contributed by atoms with van der Waals surface area (Å²) in [6.45, 7) is 6.64. The first kappa shape index (κ1) is 19.8. The average molecular weight is 425 g/mol. The predicted octanol–water partition coefficient (Wildman–Crippen LogP) is 7.68. The Kier molecular flexibility index (Phi) is 4.58. The molecule has 3 aliphatic carbocycles. The van der Waals surface area contributed by atoms with Gasteiger partial charge in [0.2, 0.25) is 0 Å². The fourth-order valence-corrected chi connectivity index (χ4v) is 5.31. The molecule has 0 saturated carbocycles. The van der Waals surface area contributed by atoms with E-state index < -0.39 is 0 Å². The molecular weight excluding hydrogens is 398 g/mol. The molecule has 0 atom stereocenters. The van der Waals surface area contributed by atoms with E-state index in [2.05, 4.69) is 105 Å². The van der Waals surface area contributed by atoms with Crippen LogP contribution in [0.15, 0.2) is 130 Å². The highest BCUT2D eigenvalue weighted by Crippen LogP contribution is 2.52. The second kappa shape index (κ2) is 7.64. The molecule has 1 aliphatic heterocycles. The number of rotatable bonds is 3. The summed E-state index contributed by atoms with van der Waals surface area (Å²) in [5, 5.41) is 3.43. The van der Waals surface area contributed by atoms with Gasteiger partial charge in [-0.1, -0.05) is 90.1 Å². The lowest BCUT2D eigenvalue weighted by Gasteiger charge is -2.20. The third-order valence-electron chi connectivity index (χ3n) is 6.88. The maximum absolute atomic E-state index is 3.43. The molecular formula is C32H26N. The van der Waals surface area contributed by atoms with E-state index in [4.69, 9.17) is 0 Å². The van der Waals surface area contributed by atoms with Crippen molar-refractivity contribution < 1.29 is 0 Å². The highest BCUT2D eigenvalue weighted by molar-refractivity contribution is 5.90. The Morgan fingerprint density at radius 3 is 2.30 bits per heavy atom. The fraction of sp³-hybridized carbons (Fsp3) is 0.0938. The zero-order valence-electron chi connectivity index (χ0n) is 19.2. The lowest BCUT2D eigenvalue weighted by molar-refractivity contribution is 1.08. The Labute approximate surface area is 196 Å². The Hall–Kier alpha value is -3.84. The SMILES string of the molecule is CC1=Cc2c(cccc2-c2ccc(C)cc2)[C]1C1=C(C)C=C2C(C3=CC=CC=CN3)=CC=C21. The molecule has 0 bridgehead atoms. The molecule has 6 rings (SSSR count). The molecule has 1 nitrogen and oxygen atoms in total. The quantitative estimate of drug-likeness (QED) is 0.533. The smallest absolute Gasteiger partial charge is 0.0601 e. The summed E-state index contributed by atoms with van der Waals surface area (Å²) in [6.07, 6.45) is 19.6. The molecule has 2 aromatic rings. The minimum absolute atomic E-state index is 1.14. The standard InChI is InChI=1S/C32H26N/c1-20-11-13-23(14-12-20)24-8-7-9-26-28(24)18-21(2)31(26)32-22(3)19-29-25(15-16-27(29)32)30-10-5-4-6-17-33-30/h4-19,33H,1-3H3. The largest absolute Gasteiger partial charge is 0.361 e. The second-order valence-electron chi connectivity index (χ2n) is 9.08. The van der Waals surface area contributed by atoms with Gasteiger partial charge in [0, 0.05) is 17.5 Å². The van der Waals surface area contributed by atoms with Crippen LogP contribution in [0.3, 0.4) is 0 Å². The van der Waals surface area contributed by atoms with Crippen molar-refractivity contribution in [3.63, 3.8) is 0 Å². The van der Waals surface area contributed by atoms with Crippen LogP contribution in [0.25, 0.3) is 17.2 Å². The first-order valence-corrected chi connectivity index (χ1v) is 11.5. The fourth-order valence-electron chi connectivity index (χ4n) is 5.31. The molecule has 0 spiro atoms. The van der Waals surface area contributed by atoms with E-state index in [-0.39, 0.29) is 0 Å². The van der Waals surface area contributed by atoms with E-state index in [0.717, 1.165) is 5.70 Å². The Morgan fingerprint density at radius 2 is 1.45 bits per heavy atom. The van der Waals surface area contributed by atoms with Gasteiger partial charge in [-0.05, 0) is 77.5 Å². The van der Waals surface area contributed by atoms with Crippen molar-refractivity contribution in [1.29, 1.82) is 0 Å². The van der Waals surface area contributed by atoms with Crippen molar-refractivity contribution in [3.8, 4) is 11.1 Å². The molecule has 0 aromatic heterocycles. The van der Waals surface area contributed by atoms with Crippen molar-refractivity contribution >= 4 is 6.08 Å². The van der Waals surface area contributed by atoms with Crippen LogP contribution in [-0.2, 0) is 0 Å². The van der Waals surface area contributed by atoms with Crippen LogP contribution in [0.1, 0.15) is 30.5 Å². The van der Waals surface area contributed by atoms with Crippen LogP contribution >= 0.6 is 0 Å². The van der Waals surface area contributed by atoms with E-state index in [1.54, 1.807) is 0 Å². The third-order valence-corrected chi connectivity index (χ3v) is 6.88. The van der Waals surface area contributed by atoms with Gasteiger partial charge in [0.15, 0.2) is 0 Å². The molecule has 0 amide bonds. The van der Waals surface area contributed by atoms with Gasteiger partial charge in [0.1, 0.15) is 0 Å². The van der Waals surface area contributed by atoms with Gasteiger partial charge in [-0.25, -0.2) is 0 Å². The van der Waals surface area contributed by atoms with Crippen molar-refractivity contribution in [3.05, 3.63) is 153 Å². The van der Waals surface area contributed by atoms with Crippen molar-refractivity contribution in [2.75, 3.05) is 0 Å². The number of aryl methyl sites for hydroxylation is 1. The van der Waals surface area contributed by atoms with E-state index in [9.17, 15) is 0 Å². The Morgan fingerprint density at radius 1 is 0.667 bits per heavy atom. The van der Waals surface area contributed by atoms with Crippen LogP contribution < -0.4 is 5.32 Å². The first-order chi connectivity index (χ1) is 16.1. The topological polar surface area (TPSA) is 12.0 Å². The molecule has 0 unspecified atom stereocenters. The molecule has 33 heavy (non-hydrogen) atoms. The van der Waals surface area contributed by atoms with Crippen LogP contribution in [0.4, 0.5) is 0 Å². The first-order valence-electron chi connectivity index (χ1n) is 11.5. The highest BCUT2D eigenvalue weighted by atomic mass is 14.9. The van der Waals surface area contributed by atoms with Crippen LogP contribution in [0, 0.1) is 12.8 Å². The van der Waals surface area contributed by atoms with E-state index >= 15 is 0 Å². The zero-order valence-corrected chi connectivity index (χ0v) is 19.2. The highest BCUT2D eigenvalue weighted by Gasteiger charge is 2.36. The molecule has 1 radical (unpaired) electrons. The predicted molar refractivity (Wildman–Crippen MR) is 139 cm³/mol. The third kappa shape index (κ3) is 3.15. The van der Waals surface area contributed by atoms with Crippen molar-refractivity contribution in [2.24, 2.45) is 0 Å². The lowest BCUT2D eigenvalue weighted by Crippen LogP contribution is -2.09. The number of nitrogens with one attached hydrogen (secondary N) is 1. The lowest BCUT2D eigenvalue weighted by atomic mass is 9.82. The summed E-state index contributed by atoms with van der Waals surface area (Å²) in [5.41, 5.74) is 15.6. The Balaban J connectivity index is 1.38. The molecule has 1 heterocycles. The molecule has 0 saturated heterocycles. The minimum atomic E-state index is 1.14. The zero-order chi connectivity index (χ0) is 22.5. The molecule has 2 aromatic carbocycles. The maximum atomic E-state index is 3.43. The molecule has 4 aliphatic rings. The maximum Gasteiger partial charge on any atom is 0.0601 e. The summed E-state index contributed by atoms with van der Waals surface area (Å²) in [4.78, 5) is 0. The van der Waals surface area contributed by atoms with E-state index in [1.807, 2.05) is 18.4 Å². The van der Waals surface area contributed by atoms with Crippen LogP contribution in [0.2, 0.25) is 0 Å². The van der Waals surface area contributed by atoms with E-state index in [0.29, 0.717) is 0 Å². The second-order valence-corrected chi connectivity index (χ2v) is 9.08. The number of fused-ring (bicyclic) bond motifs is 2. The van der Waals surface area contributed by atoms with E-state index in [1.165, 1.54) is 67.2 Å². The minimum Gasteiger partial charge on any atom is -0.361 e. The Bertz CT molecular complexity index is 1430. The van der Waals surface area contributed by atoms with Gasteiger partial charge in [-0.2, -0.15) is 0 Å². The normalized spacial score (nSPS) is 18.8. The number of allylic oxidation sites excluding steroid dienone is 12. The summed E-state index contributed by atoms with van der Waals surface area (Å²) in [7, 11) is 0. The van der Waals surface area contributed by atoms with Crippen molar-refractivity contribution in [1.82, 2.24) is 5.32 Å². The van der Waals surface area contributed by atoms with Crippen LogP contribution in [-0.4, -0.2) is 0 Å². The molecule has 1 heteroatoms. The summed E-state index contributed by atoms with van der Waals surface area (Å²) in [6, 6.07) is 15.6. The average Bonchev–Trinajstić information content (AvgIpc) is 3.36.